The highest BCUT2D eigenvalue weighted by atomic mass is 127. The Hall–Kier alpha value is -1.35. The van der Waals surface area contributed by atoms with E-state index >= 15 is 0 Å². The number of rotatable bonds is 5. The number of aliphatic imine (C=N–C) groups is 1. The van der Waals surface area contributed by atoms with Gasteiger partial charge in [-0.15, -0.1) is 24.0 Å². The summed E-state index contributed by atoms with van der Waals surface area (Å²) in [6.45, 7) is 8.60. The van der Waals surface area contributed by atoms with Crippen molar-refractivity contribution in [2.45, 2.75) is 39.8 Å². The average molecular weight is 460 g/mol. The zero-order chi connectivity index (χ0) is 17.5. The molecule has 7 heteroatoms. The molecule has 0 spiro atoms. The Labute approximate surface area is 167 Å². The highest BCUT2D eigenvalue weighted by molar-refractivity contribution is 14.0. The van der Waals surface area contributed by atoms with Crippen LogP contribution in [0.3, 0.4) is 0 Å². The van der Waals surface area contributed by atoms with Crippen LogP contribution < -0.4 is 10.6 Å². The molecule has 0 saturated carbocycles. The second-order valence-electron chi connectivity index (χ2n) is 6.40. The fourth-order valence-corrected chi connectivity index (χ4v) is 2.51. The fraction of sp³-hybridized carbons (Fsp3) is 0.556. The third kappa shape index (κ3) is 6.81. The van der Waals surface area contributed by atoms with Crippen molar-refractivity contribution in [2.24, 2.45) is 10.9 Å². The van der Waals surface area contributed by atoms with Crippen LogP contribution in [0.4, 0.5) is 5.69 Å². The van der Waals surface area contributed by atoms with Gasteiger partial charge in [-0.2, -0.15) is 0 Å². The van der Waals surface area contributed by atoms with E-state index in [2.05, 4.69) is 20.5 Å². The van der Waals surface area contributed by atoms with E-state index in [1.54, 1.807) is 0 Å². The summed E-state index contributed by atoms with van der Waals surface area (Å²) in [5, 5.41) is 15.8. The first kappa shape index (κ1) is 21.7. The largest absolute Gasteiger partial charge is 0.391 e. The maximum Gasteiger partial charge on any atom is 0.226 e. The molecule has 1 heterocycles. The molecule has 1 saturated heterocycles. The number of carbonyl (C=O) groups excluding carboxylic acids is 1. The van der Waals surface area contributed by atoms with E-state index in [1.165, 1.54) is 0 Å². The van der Waals surface area contributed by atoms with Crippen LogP contribution in [-0.4, -0.2) is 47.6 Å². The lowest BCUT2D eigenvalue weighted by Gasteiger charge is -2.20. The number of nitrogens with one attached hydrogen (secondary N) is 2. The molecule has 1 aliphatic heterocycles. The molecular formula is C18H29IN4O2. The number of nitrogens with zero attached hydrogens (tertiary/aromatic N) is 2. The van der Waals surface area contributed by atoms with E-state index in [4.69, 9.17) is 0 Å². The molecular weight excluding hydrogens is 431 g/mol. The van der Waals surface area contributed by atoms with Crippen molar-refractivity contribution in [1.29, 1.82) is 0 Å². The van der Waals surface area contributed by atoms with Crippen molar-refractivity contribution < 1.29 is 9.90 Å². The standard InChI is InChI=1S/C18H28N4O2.HI/c1-4-19-18(22-10-9-16(23)12-22)20-11-14-5-7-15(8-6-14)21-17(24)13(2)3;/h5-8,13,16,23H,4,9-12H2,1-3H3,(H,19,20)(H,21,24);1H/t16-;/m1./s1. The first-order valence-corrected chi connectivity index (χ1v) is 8.60. The van der Waals surface area contributed by atoms with Crippen molar-refractivity contribution in [3.05, 3.63) is 29.8 Å². The average Bonchev–Trinajstić information content (AvgIpc) is 2.99. The number of hydrogen-bond donors (Lipinski definition) is 3. The van der Waals surface area contributed by atoms with Gasteiger partial charge in [0.1, 0.15) is 0 Å². The maximum atomic E-state index is 11.7. The summed E-state index contributed by atoms with van der Waals surface area (Å²) < 4.78 is 0. The number of aliphatic hydroxyl groups excluding tert-OH is 1. The van der Waals surface area contributed by atoms with Crippen LogP contribution in [-0.2, 0) is 11.3 Å². The molecule has 140 valence electrons. The number of aliphatic hydroxyl groups is 1. The van der Waals surface area contributed by atoms with Gasteiger partial charge in [-0.05, 0) is 31.0 Å². The number of likely N-dealkylation sites (tertiary alicyclic amines) is 1. The zero-order valence-electron chi connectivity index (χ0n) is 15.2. The molecule has 1 amide bonds. The summed E-state index contributed by atoms with van der Waals surface area (Å²) in [7, 11) is 0. The highest BCUT2D eigenvalue weighted by Crippen LogP contribution is 2.13. The second kappa shape index (κ2) is 10.6. The van der Waals surface area contributed by atoms with Gasteiger partial charge < -0.3 is 20.6 Å². The topological polar surface area (TPSA) is 77.0 Å². The lowest BCUT2D eigenvalue weighted by molar-refractivity contribution is -0.118. The van der Waals surface area contributed by atoms with Gasteiger partial charge in [0.25, 0.3) is 0 Å². The molecule has 2 rings (SSSR count). The number of guanidine groups is 1. The molecule has 3 N–H and O–H groups in total. The SMILES string of the molecule is CCNC(=NCc1ccc(NC(=O)C(C)C)cc1)N1CC[C@@H](O)C1.I. The lowest BCUT2D eigenvalue weighted by Crippen LogP contribution is -2.40. The van der Waals surface area contributed by atoms with Crippen LogP contribution in [0.5, 0.6) is 0 Å². The molecule has 25 heavy (non-hydrogen) atoms. The molecule has 1 fully saturated rings. The minimum atomic E-state index is -0.266. The Morgan fingerprint density at radius 2 is 2.04 bits per heavy atom. The Morgan fingerprint density at radius 3 is 2.56 bits per heavy atom. The van der Waals surface area contributed by atoms with Crippen molar-refractivity contribution in [2.75, 3.05) is 25.0 Å². The molecule has 6 nitrogen and oxygen atoms in total. The predicted molar refractivity (Wildman–Crippen MR) is 112 cm³/mol. The minimum absolute atomic E-state index is 0. The Morgan fingerprint density at radius 1 is 1.36 bits per heavy atom. The van der Waals surface area contributed by atoms with Gasteiger partial charge in [0.2, 0.25) is 5.91 Å². The van der Waals surface area contributed by atoms with E-state index in [9.17, 15) is 9.90 Å². The number of β-amino-alcohol motifs (C(OH)–C–C–N with tert-alkyl or cyclic N) is 1. The van der Waals surface area contributed by atoms with Crippen molar-refractivity contribution in [1.82, 2.24) is 10.2 Å². The Bertz CT molecular complexity index is 575. The summed E-state index contributed by atoms with van der Waals surface area (Å²) in [5.74, 6) is 0.821. The molecule has 0 bridgehead atoms. The third-order valence-corrected chi connectivity index (χ3v) is 3.96. The Kier molecular flexibility index (Phi) is 9.20. The number of benzene rings is 1. The van der Waals surface area contributed by atoms with E-state index in [0.29, 0.717) is 13.1 Å². The van der Waals surface area contributed by atoms with Gasteiger partial charge in [-0.3, -0.25) is 4.79 Å². The predicted octanol–water partition coefficient (Wildman–Crippen LogP) is 2.43. The van der Waals surface area contributed by atoms with Crippen molar-refractivity contribution in [3.8, 4) is 0 Å². The van der Waals surface area contributed by atoms with Crippen LogP contribution in [0.15, 0.2) is 29.3 Å². The quantitative estimate of drug-likeness (QED) is 0.359. The normalized spacial score (nSPS) is 17.4. The van der Waals surface area contributed by atoms with Gasteiger partial charge in [0.05, 0.1) is 12.6 Å². The fourth-order valence-electron chi connectivity index (χ4n) is 2.51. The highest BCUT2D eigenvalue weighted by Gasteiger charge is 2.22. The molecule has 1 aromatic rings. The van der Waals surface area contributed by atoms with E-state index < -0.39 is 0 Å². The number of halogens is 1. The zero-order valence-corrected chi connectivity index (χ0v) is 17.5. The Balaban J connectivity index is 0.00000312. The first-order chi connectivity index (χ1) is 11.5. The van der Waals surface area contributed by atoms with Crippen LogP contribution >= 0.6 is 24.0 Å². The van der Waals surface area contributed by atoms with Gasteiger partial charge in [0.15, 0.2) is 5.96 Å². The van der Waals surface area contributed by atoms with Gasteiger partial charge in [-0.25, -0.2) is 4.99 Å². The van der Waals surface area contributed by atoms with Crippen LogP contribution in [0.1, 0.15) is 32.8 Å². The summed E-state index contributed by atoms with van der Waals surface area (Å²) >= 11 is 0. The maximum absolute atomic E-state index is 11.7. The molecule has 0 radical (unpaired) electrons. The second-order valence-corrected chi connectivity index (χ2v) is 6.40. The lowest BCUT2D eigenvalue weighted by atomic mass is 10.2. The summed E-state index contributed by atoms with van der Waals surface area (Å²) in [5.41, 5.74) is 1.88. The number of amides is 1. The molecule has 1 aromatic carbocycles. The van der Waals surface area contributed by atoms with Crippen molar-refractivity contribution in [3.63, 3.8) is 0 Å². The van der Waals surface area contributed by atoms with E-state index in [1.807, 2.05) is 45.0 Å². The van der Waals surface area contributed by atoms with Crippen molar-refractivity contribution >= 4 is 41.5 Å². The molecule has 0 aromatic heterocycles. The van der Waals surface area contributed by atoms with Crippen LogP contribution in [0.2, 0.25) is 0 Å². The number of hydrogen-bond acceptors (Lipinski definition) is 3. The smallest absolute Gasteiger partial charge is 0.226 e. The van der Waals surface area contributed by atoms with Gasteiger partial charge >= 0.3 is 0 Å². The molecule has 1 aliphatic rings. The van der Waals surface area contributed by atoms with Gasteiger partial charge in [-0.1, -0.05) is 26.0 Å². The van der Waals surface area contributed by atoms with Crippen LogP contribution in [0.25, 0.3) is 0 Å². The summed E-state index contributed by atoms with van der Waals surface area (Å²) in [6.07, 6.45) is 0.520. The molecule has 1 atom stereocenters. The third-order valence-electron chi connectivity index (χ3n) is 3.96. The number of anilines is 1. The van der Waals surface area contributed by atoms with E-state index in [-0.39, 0.29) is 41.9 Å². The molecule has 0 aliphatic carbocycles. The van der Waals surface area contributed by atoms with Crippen LogP contribution in [0, 0.1) is 5.92 Å². The van der Waals surface area contributed by atoms with Gasteiger partial charge in [0, 0.05) is 31.2 Å². The van der Waals surface area contributed by atoms with E-state index in [0.717, 1.165) is 36.7 Å². The monoisotopic (exact) mass is 460 g/mol. The summed E-state index contributed by atoms with van der Waals surface area (Å²) in [4.78, 5) is 18.4. The number of carbonyl (C=O) groups is 1. The summed E-state index contributed by atoms with van der Waals surface area (Å²) in [6, 6.07) is 7.75. The first-order valence-electron chi connectivity index (χ1n) is 8.60. The molecule has 0 unspecified atom stereocenters. The minimum Gasteiger partial charge on any atom is -0.391 e.